The zero-order chi connectivity index (χ0) is 15.7. The van der Waals surface area contributed by atoms with Crippen LogP contribution in [0, 0.1) is 20.8 Å². The number of aromatic nitrogens is 2. The highest BCUT2D eigenvalue weighted by Gasteiger charge is 2.16. The first-order valence-corrected chi connectivity index (χ1v) is 7.34. The molecule has 0 fully saturated rings. The lowest BCUT2D eigenvalue weighted by atomic mass is 10.1. The fraction of sp³-hybridized carbons (Fsp3) is 0.214. The Bertz CT molecular complexity index is 731. The Kier molecular flexibility index (Phi) is 4.66. The van der Waals surface area contributed by atoms with Gasteiger partial charge in [-0.05, 0) is 38.0 Å². The van der Waals surface area contributed by atoms with Crippen LogP contribution in [-0.2, 0) is 0 Å². The summed E-state index contributed by atoms with van der Waals surface area (Å²) in [5.41, 5.74) is 9.55. The molecule has 1 heterocycles. The summed E-state index contributed by atoms with van der Waals surface area (Å²) in [5.74, 6) is 0.444. The van der Waals surface area contributed by atoms with Crippen LogP contribution < -0.4 is 11.1 Å². The van der Waals surface area contributed by atoms with Crippen LogP contribution in [0.15, 0.2) is 12.1 Å². The number of hydrogen-bond acceptors (Lipinski definition) is 4. The van der Waals surface area contributed by atoms with Gasteiger partial charge in [0.25, 0.3) is 0 Å². The molecule has 2 rings (SSSR count). The first-order valence-electron chi connectivity index (χ1n) is 6.18. The number of anilines is 2. The molecule has 21 heavy (non-hydrogen) atoms. The second-order valence-electron chi connectivity index (χ2n) is 4.68. The number of nitrogens with one attached hydrogen (secondary N) is 1. The molecule has 7 heteroatoms. The van der Waals surface area contributed by atoms with Gasteiger partial charge in [-0.3, -0.25) is 0 Å². The Morgan fingerprint density at radius 2 is 1.86 bits per heavy atom. The predicted octanol–water partition coefficient (Wildman–Crippen LogP) is 4.09. The summed E-state index contributed by atoms with van der Waals surface area (Å²) in [6.07, 6.45) is 0. The van der Waals surface area contributed by atoms with Crippen molar-refractivity contribution in [3.8, 4) is 0 Å². The lowest BCUT2D eigenvalue weighted by Crippen LogP contribution is -2.17. The van der Waals surface area contributed by atoms with Crippen LogP contribution in [0.5, 0.6) is 0 Å². The summed E-state index contributed by atoms with van der Waals surface area (Å²) >= 11 is 17.6. The highest BCUT2D eigenvalue weighted by molar-refractivity contribution is 7.80. The van der Waals surface area contributed by atoms with Gasteiger partial charge in [-0.25, -0.2) is 0 Å². The number of nitrogens with zero attached hydrogens (tertiary/aromatic N) is 2. The lowest BCUT2D eigenvalue weighted by Gasteiger charge is -2.15. The van der Waals surface area contributed by atoms with E-state index in [1.54, 1.807) is 6.07 Å². The molecule has 0 spiro atoms. The Labute approximate surface area is 138 Å². The van der Waals surface area contributed by atoms with Crippen molar-refractivity contribution in [2.24, 2.45) is 5.73 Å². The van der Waals surface area contributed by atoms with Gasteiger partial charge in [-0.1, -0.05) is 41.5 Å². The monoisotopic (exact) mass is 340 g/mol. The molecule has 4 nitrogen and oxygen atoms in total. The molecule has 0 radical (unpaired) electrons. The topological polar surface area (TPSA) is 63.8 Å². The van der Waals surface area contributed by atoms with Crippen molar-refractivity contribution in [3.05, 3.63) is 44.6 Å². The van der Waals surface area contributed by atoms with Crippen LogP contribution in [-0.4, -0.2) is 15.2 Å². The number of hydrogen-bond donors (Lipinski definition) is 2. The molecule has 0 saturated carbocycles. The van der Waals surface area contributed by atoms with E-state index in [1.807, 2.05) is 26.8 Å². The Hall–Kier alpha value is -1.43. The third-order valence-corrected chi connectivity index (χ3v) is 4.23. The summed E-state index contributed by atoms with van der Waals surface area (Å²) in [5, 5.41) is 12.3. The summed E-state index contributed by atoms with van der Waals surface area (Å²) in [7, 11) is 0. The minimum Gasteiger partial charge on any atom is -0.389 e. The van der Waals surface area contributed by atoms with Crippen molar-refractivity contribution >= 4 is 51.9 Å². The molecular weight excluding hydrogens is 327 g/mol. The summed E-state index contributed by atoms with van der Waals surface area (Å²) < 4.78 is 0. The van der Waals surface area contributed by atoms with Gasteiger partial charge in [-0.15, -0.1) is 5.10 Å². The fourth-order valence-electron chi connectivity index (χ4n) is 1.89. The molecule has 1 aromatic heterocycles. The second kappa shape index (κ2) is 6.13. The van der Waals surface area contributed by atoms with Gasteiger partial charge in [-0.2, -0.15) is 5.10 Å². The highest BCUT2D eigenvalue weighted by atomic mass is 35.5. The van der Waals surface area contributed by atoms with Crippen molar-refractivity contribution in [2.75, 3.05) is 5.32 Å². The van der Waals surface area contributed by atoms with Crippen molar-refractivity contribution in [1.29, 1.82) is 0 Å². The van der Waals surface area contributed by atoms with Gasteiger partial charge in [0.05, 0.1) is 27.0 Å². The van der Waals surface area contributed by atoms with Gasteiger partial charge in [0.1, 0.15) is 4.99 Å². The maximum atomic E-state index is 6.29. The van der Waals surface area contributed by atoms with E-state index in [2.05, 4.69) is 15.5 Å². The van der Waals surface area contributed by atoms with E-state index in [1.165, 1.54) is 0 Å². The van der Waals surface area contributed by atoms with Crippen molar-refractivity contribution < 1.29 is 0 Å². The van der Waals surface area contributed by atoms with E-state index >= 15 is 0 Å². The number of thiocarbonyl (C=S) groups is 1. The fourth-order valence-corrected chi connectivity index (χ4v) is 2.60. The van der Waals surface area contributed by atoms with E-state index in [0.29, 0.717) is 27.1 Å². The summed E-state index contributed by atoms with van der Waals surface area (Å²) in [4.78, 5) is 0.243. The third kappa shape index (κ3) is 3.10. The molecule has 110 valence electrons. The molecule has 3 N–H and O–H groups in total. The van der Waals surface area contributed by atoms with Gasteiger partial charge in [0, 0.05) is 0 Å². The zero-order valence-electron chi connectivity index (χ0n) is 11.8. The highest BCUT2D eigenvalue weighted by Crippen LogP contribution is 2.35. The first kappa shape index (κ1) is 15.9. The van der Waals surface area contributed by atoms with Crippen LogP contribution in [0.25, 0.3) is 0 Å². The van der Waals surface area contributed by atoms with Crippen molar-refractivity contribution in [2.45, 2.75) is 20.8 Å². The van der Waals surface area contributed by atoms with Crippen LogP contribution >= 0.6 is 35.4 Å². The lowest BCUT2D eigenvalue weighted by molar-refractivity contribution is 0.963. The largest absolute Gasteiger partial charge is 0.389 e. The van der Waals surface area contributed by atoms with E-state index in [0.717, 1.165) is 16.8 Å². The Balaban J connectivity index is 2.58. The van der Waals surface area contributed by atoms with Crippen LogP contribution in [0.3, 0.4) is 0 Å². The van der Waals surface area contributed by atoms with E-state index < -0.39 is 0 Å². The van der Waals surface area contributed by atoms with Crippen LogP contribution in [0.1, 0.15) is 22.4 Å². The van der Waals surface area contributed by atoms with E-state index in [-0.39, 0.29) is 4.99 Å². The molecule has 0 atom stereocenters. The number of nitrogens with two attached hydrogens (primary N) is 1. The molecule has 0 aliphatic rings. The molecular formula is C14H14Cl2N4S. The minimum atomic E-state index is 0.243. The quantitative estimate of drug-likeness (QED) is 0.824. The first-order chi connectivity index (χ1) is 9.82. The number of aryl methyl sites for hydroxylation is 2. The van der Waals surface area contributed by atoms with Gasteiger partial charge in [0.2, 0.25) is 0 Å². The minimum absolute atomic E-state index is 0.243. The molecule has 2 aromatic rings. The second-order valence-corrected chi connectivity index (χ2v) is 5.90. The molecule has 0 saturated heterocycles. The maximum Gasteiger partial charge on any atom is 0.163 e. The molecule has 0 amide bonds. The third-order valence-electron chi connectivity index (χ3n) is 3.23. The number of halogens is 2. The van der Waals surface area contributed by atoms with Gasteiger partial charge in [0.15, 0.2) is 5.82 Å². The van der Waals surface area contributed by atoms with Crippen LogP contribution in [0.4, 0.5) is 11.5 Å². The van der Waals surface area contributed by atoms with E-state index in [4.69, 9.17) is 41.2 Å². The van der Waals surface area contributed by atoms with E-state index in [9.17, 15) is 0 Å². The smallest absolute Gasteiger partial charge is 0.163 e. The average molecular weight is 341 g/mol. The maximum absolute atomic E-state index is 6.29. The molecule has 0 bridgehead atoms. The van der Waals surface area contributed by atoms with Gasteiger partial charge >= 0.3 is 0 Å². The zero-order valence-corrected chi connectivity index (χ0v) is 14.1. The summed E-state index contributed by atoms with van der Waals surface area (Å²) in [6, 6.07) is 3.61. The Morgan fingerprint density at radius 3 is 2.48 bits per heavy atom. The molecule has 1 aromatic carbocycles. The predicted molar refractivity (Wildman–Crippen MR) is 91.9 cm³/mol. The SMILES string of the molecule is Cc1ccc(Cl)c(Nc2nnc(C)c(C)c2C(N)=S)c1Cl. The molecule has 0 unspecified atom stereocenters. The van der Waals surface area contributed by atoms with Crippen molar-refractivity contribution in [1.82, 2.24) is 10.2 Å². The molecule has 0 aliphatic carbocycles. The average Bonchev–Trinajstić information content (AvgIpc) is 2.42. The number of benzene rings is 1. The summed E-state index contributed by atoms with van der Waals surface area (Å²) in [6.45, 7) is 5.63. The van der Waals surface area contributed by atoms with Crippen LogP contribution in [0.2, 0.25) is 10.0 Å². The number of rotatable bonds is 3. The molecule has 0 aliphatic heterocycles. The van der Waals surface area contributed by atoms with Gasteiger partial charge < -0.3 is 11.1 Å². The standard InChI is InChI=1S/C14H14Cl2N4S/c1-6-4-5-9(15)12(11(6)16)18-14-10(13(17)21)7(2)8(3)19-20-14/h4-5H,1-3H3,(H2,17,21)(H,18,20). The Morgan fingerprint density at radius 1 is 1.19 bits per heavy atom. The normalized spacial score (nSPS) is 10.5. The van der Waals surface area contributed by atoms with Crippen molar-refractivity contribution in [3.63, 3.8) is 0 Å².